The summed E-state index contributed by atoms with van der Waals surface area (Å²) in [6, 6.07) is 0.801. The average molecular weight is 267 g/mol. The van der Waals surface area contributed by atoms with E-state index in [2.05, 4.69) is 43.3 Å². The molecule has 0 aromatic heterocycles. The van der Waals surface area contributed by atoms with Crippen LogP contribution in [-0.4, -0.2) is 24.1 Å². The fourth-order valence-corrected chi connectivity index (χ4v) is 4.42. The predicted octanol–water partition coefficient (Wildman–Crippen LogP) is 4.24. The van der Waals surface area contributed by atoms with Crippen LogP contribution in [0.5, 0.6) is 0 Å². The largest absolute Gasteiger partial charge is 0.314 e. The molecule has 0 aliphatic heterocycles. The summed E-state index contributed by atoms with van der Waals surface area (Å²) in [4.78, 5) is 0. The van der Waals surface area contributed by atoms with Crippen molar-refractivity contribution in [2.75, 3.05) is 12.8 Å². The standard InChI is InChI=1S/C16H29NS/c1-12-8-13(2)10-14(9-12)11-17-15-4-6-16(18-3)7-5-15/h8,12,14-17H,4-7,9-11H2,1-3H3. The van der Waals surface area contributed by atoms with Crippen LogP contribution in [0, 0.1) is 11.8 Å². The van der Waals surface area contributed by atoms with E-state index in [1.54, 1.807) is 5.57 Å². The fraction of sp³-hybridized carbons (Fsp3) is 0.875. The Morgan fingerprint density at radius 2 is 2.00 bits per heavy atom. The molecule has 2 rings (SSSR count). The van der Waals surface area contributed by atoms with Crippen molar-refractivity contribution in [3.8, 4) is 0 Å². The number of thioether (sulfide) groups is 1. The van der Waals surface area contributed by atoms with Crippen LogP contribution in [-0.2, 0) is 0 Å². The summed E-state index contributed by atoms with van der Waals surface area (Å²) < 4.78 is 0. The van der Waals surface area contributed by atoms with Gasteiger partial charge in [0.1, 0.15) is 0 Å². The first-order valence-corrected chi connectivity index (χ1v) is 8.89. The molecule has 104 valence electrons. The lowest BCUT2D eigenvalue weighted by molar-refractivity contribution is 0.322. The molecule has 0 radical (unpaired) electrons. The van der Waals surface area contributed by atoms with Crippen LogP contribution in [0.15, 0.2) is 11.6 Å². The van der Waals surface area contributed by atoms with Crippen molar-refractivity contribution >= 4 is 11.8 Å². The van der Waals surface area contributed by atoms with Gasteiger partial charge in [-0.15, -0.1) is 0 Å². The molecule has 2 aliphatic carbocycles. The minimum absolute atomic E-state index is 0.790. The van der Waals surface area contributed by atoms with Gasteiger partial charge < -0.3 is 5.32 Å². The maximum Gasteiger partial charge on any atom is 0.00679 e. The molecule has 2 aliphatic rings. The van der Waals surface area contributed by atoms with Crippen molar-refractivity contribution in [1.29, 1.82) is 0 Å². The highest BCUT2D eigenvalue weighted by atomic mass is 32.2. The van der Waals surface area contributed by atoms with Gasteiger partial charge in [0.05, 0.1) is 0 Å². The summed E-state index contributed by atoms with van der Waals surface area (Å²) in [6.07, 6.45) is 13.0. The van der Waals surface area contributed by atoms with Crippen molar-refractivity contribution in [2.24, 2.45) is 11.8 Å². The molecule has 0 spiro atoms. The second-order valence-corrected chi connectivity index (χ2v) is 7.55. The zero-order valence-corrected chi connectivity index (χ0v) is 13.1. The van der Waals surface area contributed by atoms with E-state index in [0.717, 1.165) is 23.1 Å². The van der Waals surface area contributed by atoms with E-state index < -0.39 is 0 Å². The molecule has 1 N–H and O–H groups in total. The van der Waals surface area contributed by atoms with Crippen LogP contribution in [0.1, 0.15) is 52.4 Å². The zero-order chi connectivity index (χ0) is 13.0. The summed E-state index contributed by atoms with van der Waals surface area (Å²) in [5.74, 6) is 1.67. The van der Waals surface area contributed by atoms with Crippen molar-refractivity contribution in [1.82, 2.24) is 5.32 Å². The lowest BCUT2D eigenvalue weighted by Gasteiger charge is -2.31. The summed E-state index contributed by atoms with van der Waals surface area (Å²) >= 11 is 2.06. The summed E-state index contributed by atoms with van der Waals surface area (Å²) in [5.41, 5.74) is 1.60. The lowest BCUT2D eigenvalue weighted by Crippen LogP contribution is -2.37. The van der Waals surface area contributed by atoms with Crippen molar-refractivity contribution in [3.05, 3.63) is 11.6 Å². The third-order valence-corrected chi connectivity index (χ3v) is 5.73. The molecule has 1 saturated carbocycles. The Morgan fingerprint density at radius 1 is 1.28 bits per heavy atom. The molecule has 0 aromatic rings. The second-order valence-electron chi connectivity index (χ2n) is 6.41. The quantitative estimate of drug-likeness (QED) is 0.765. The van der Waals surface area contributed by atoms with Crippen LogP contribution in [0.4, 0.5) is 0 Å². The van der Waals surface area contributed by atoms with Crippen LogP contribution >= 0.6 is 11.8 Å². The molecule has 1 nitrogen and oxygen atoms in total. The van der Waals surface area contributed by atoms with E-state index in [-0.39, 0.29) is 0 Å². The summed E-state index contributed by atoms with van der Waals surface area (Å²) in [6.45, 7) is 5.90. The Hall–Kier alpha value is 0.0500. The number of rotatable bonds is 4. The molecule has 0 bridgehead atoms. The Morgan fingerprint density at radius 3 is 2.61 bits per heavy atom. The van der Waals surface area contributed by atoms with Gasteiger partial charge in [-0.1, -0.05) is 18.6 Å². The van der Waals surface area contributed by atoms with E-state index in [9.17, 15) is 0 Å². The molecular formula is C16H29NS. The van der Waals surface area contributed by atoms with Gasteiger partial charge in [-0.2, -0.15) is 11.8 Å². The maximum absolute atomic E-state index is 3.84. The van der Waals surface area contributed by atoms with Gasteiger partial charge in [0.2, 0.25) is 0 Å². The molecule has 1 fully saturated rings. The first-order chi connectivity index (χ1) is 8.67. The third-order valence-electron chi connectivity index (χ3n) is 4.59. The summed E-state index contributed by atoms with van der Waals surface area (Å²) in [5, 5.41) is 4.77. The number of hydrogen-bond acceptors (Lipinski definition) is 2. The Labute approximate surface area is 117 Å². The average Bonchev–Trinajstić information content (AvgIpc) is 2.36. The van der Waals surface area contributed by atoms with Crippen LogP contribution in [0.2, 0.25) is 0 Å². The van der Waals surface area contributed by atoms with Gasteiger partial charge in [0, 0.05) is 11.3 Å². The number of hydrogen-bond donors (Lipinski definition) is 1. The van der Waals surface area contributed by atoms with Crippen LogP contribution in [0.3, 0.4) is 0 Å². The topological polar surface area (TPSA) is 12.0 Å². The normalized spacial score (nSPS) is 37.4. The molecule has 0 saturated heterocycles. The molecule has 2 unspecified atom stereocenters. The minimum Gasteiger partial charge on any atom is -0.314 e. The van der Waals surface area contributed by atoms with Crippen molar-refractivity contribution in [2.45, 2.75) is 63.7 Å². The fourth-order valence-electron chi connectivity index (χ4n) is 3.68. The van der Waals surface area contributed by atoms with Gasteiger partial charge in [-0.3, -0.25) is 0 Å². The molecule has 0 amide bonds. The smallest absolute Gasteiger partial charge is 0.00679 e. The maximum atomic E-state index is 3.84. The lowest BCUT2D eigenvalue weighted by atomic mass is 9.83. The first-order valence-electron chi connectivity index (χ1n) is 7.61. The predicted molar refractivity (Wildman–Crippen MR) is 83.2 cm³/mol. The van der Waals surface area contributed by atoms with Gasteiger partial charge in [0.25, 0.3) is 0 Å². The molecule has 2 heteroatoms. The van der Waals surface area contributed by atoms with E-state index in [1.165, 1.54) is 45.1 Å². The minimum atomic E-state index is 0.790. The van der Waals surface area contributed by atoms with Crippen molar-refractivity contribution < 1.29 is 0 Å². The first kappa shape index (κ1) is 14.5. The number of nitrogens with one attached hydrogen (secondary N) is 1. The van der Waals surface area contributed by atoms with Crippen LogP contribution < -0.4 is 5.32 Å². The highest BCUT2D eigenvalue weighted by molar-refractivity contribution is 7.99. The zero-order valence-electron chi connectivity index (χ0n) is 12.2. The highest BCUT2D eigenvalue weighted by Crippen LogP contribution is 2.29. The SMILES string of the molecule is CSC1CCC(NCC2CC(C)=CC(C)C2)CC1. The highest BCUT2D eigenvalue weighted by Gasteiger charge is 2.22. The summed E-state index contributed by atoms with van der Waals surface area (Å²) in [7, 11) is 0. The monoisotopic (exact) mass is 267 g/mol. The number of allylic oxidation sites excluding steroid dienone is 2. The molecular weight excluding hydrogens is 238 g/mol. The van der Waals surface area contributed by atoms with E-state index >= 15 is 0 Å². The Kier molecular flexibility index (Phi) is 5.62. The van der Waals surface area contributed by atoms with E-state index in [4.69, 9.17) is 0 Å². The Bertz CT molecular complexity index is 279. The Balaban J connectivity index is 1.68. The molecule has 0 aromatic carbocycles. The van der Waals surface area contributed by atoms with Gasteiger partial charge in [-0.05, 0) is 70.1 Å². The molecule has 0 heterocycles. The molecule has 18 heavy (non-hydrogen) atoms. The van der Waals surface area contributed by atoms with E-state index in [0.29, 0.717) is 0 Å². The van der Waals surface area contributed by atoms with E-state index in [1.807, 2.05) is 0 Å². The van der Waals surface area contributed by atoms with Gasteiger partial charge in [0.15, 0.2) is 0 Å². The van der Waals surface area contributed by atoms with Gasteiger partial charge >= 0.3 is 0 Å². The van der Waals surface area contributed by atoms with Crippen LogP contribution in [0.25, 0.3) is 0 Å². The van der Waals surface area contributed by atoms with Crippen molar-refractivity contribution in [3.63, 3.8) is 0 Å². The molecule has 2 atom stereocenters. The third kappa shape index (κ3) is 4.31. The van der Waals surface area contributed by atoms with Gasteiger partial charge in [-0.25, -0.2) is 0 Å². The second kappa shape index (κ2) is 7.00.